The van der Waals surface area contributed by atoms with Crippen molar-refractivity contribution < 1.29 is 4.79 Å². The highest BCUT2D eigenvalue weighted by Crippen LogP contribution is 2.04. The van der Waals surface area contributed by atoms with Gasteiger partial charge in [-0.1, -0.05) is 6.07 Å². The van der Waals surface area contributed by atoms with Gasteiger partial charge in [-0.15, -0.1) is 0 Å². The van der Waals surface area contributed by atoms with Crippen LogP contribution < -0.4 is 0 Å². The molecule has 20 heavy (non-hydrogen) atoms. The molecule has 1 amide bonds. The van der Waals surface area contributed by atoms with Crippen molar-refractivity contribution in [3.8, 4) is 0 Å². The van der Waals surface area contributed by atoms with E-state index in [-0.39, 0.29) is 5.91 Å². The lowest BCUT2D eigenvalue weighted by molar-refractivity contribution is -0.130. The van der Waals surface area contributed by atoms with Gasteiger partial charge in [0.05, 0.1) is 6.42 Å². The Morgan fingerprint density at radius 3 is 2.55 bits per heavy atom. The molecule has 104 valence electrons. The fraction of sp³-hybridized carbons (Fsp3) is 0.312. The maximum absolute atomic E-state index is 12.3. The molecule has 0 aliphatic carbocycles. The average molecular weight is 269 g/mol. The summed E-state index contributed by atoms with van der Waals surface area (Å²) in [6.45, 7) is 3.47. The van der Waals surface area contributed by atoms with Gasteiger partial charge in [-0.25, -0.2) is 0 Å². The van der Waals surface area contributed by atoms with Gasteiger partial charge >= 0.3 is 0 Å². The molecule has 2 heterocycles. The molecule has 4 heteroatoms. The zero-order valence-electron chi connectivity index (χ0n) is 11.7. The predicted molar refractivity (Wildman–Crippen MR) is 78.1 cm³/mol. The molecule has 2 rings (SSSR count). The molecular formula is C16H19N3O. The zero-order chi connectivity index (χ0) is 14.2. The fourth-order valence-corrected chi connectivity index (χ4v) is 2.06. The van der Waals surface area contributed by atoms with Gasteiger partial charge in [-0.2, -0.15) is 0 Å². The highest BCUT2D eigenvalue weighted by atomic mass is 16.2. The maximum atomic E-state index is 12.3. The number of pyridine rings is 2. The van der Waals surface area contributed by atoms with Gasteiger partial charge < -0.3 is 4.90 Å². The van der Waals surface area contributed by atoms with E-state index in [0.717, 1.165) is 25.1 Å². The number of carbonyl (C=O) groups is 1. The molecule has 0 radical (unpaired) electrons. The Hall–Kier alpha value is -2.23. The summed E-state index contributed by atoms with van der Waals surface area (Å²) in [5, 5.41) is 0. The Labute approximate surface area is 119 Å². The van der Waals surface area contributed by atoms with Crippen molar-refractivity contribution in [3.63, 3.8) is 0 Å². The summed E-state index contributed by atoms with van der Waals surface area (Å²) in [6.07, 6.45) is 8.29. The summed E-state index contributed by atoms with van der Waals surface area (Å²) in [4.78, 5) is 22.2. The number of carbonyl (C=O) groups excluding carboxylic acids is 1. The molecule has 0 saturated carbocycles. The summed E-state index contributed by atoms with van der Waals surface area (Å²) in [7, 11) is 0. The van der Waals surface area contributed by atoms with Crippen LogP contribution in [0.2, 0.25) is 0 Å². The van der Waals surface area contributed by atoms with E-state index in [2.05, 4.69) is 9.97 Å². The van der Waals surface area contributed by atoms with E-state index < -0.39 is 0 Å². The van der Waals surface area contributed by atoms with E-state index in [4.69, 9.17) is 0 Å². The van der Waals surface area contributed by atoms with Crippen molar-refractivity contribution in [2.24, 2.45) is 0 Å². The Bertz CT molecular complexity index is 528. The largest absolute Gasteiger partial charge is 0.342 e. The van der Waals surface area contributed by atoms with Crippen LogP contribution >= 0.6 is 0 Å². The van der Waals surface area contributed by atoms with E-state index in [1.165, 1.54) is 5.56 Å². The molecule has 0 aliphatic rings. The maximum Gasteiger partial charge on any atom is 0.227 e. The molecule has 0 bridgehead atoms. The number of hydrogen-bond donors (Lipinski definition) is 0. The van der Waals surface area contributed by atoms with E-state index >= 15 is 0 Å². The third kappa shape index (κ3) is 4.16. The van der Waals surface area contributed by atoms with Crippen LogP contribution in [-0.4, -0.2) is 33.9 Å². The monoisotopic (exact) mass is 269 g/mol. The standard InChI is InChI=1S/C16H19N3O/c1-2-19(11-7-14-5-9-17-10-6-14)16(20)12-15-4-3-8-18-13-15/h3-6,8-10,13H,2,7,11-12H2,1H3. The van der Waals surface area contributed by atoms with Crippen LogP contribution in [0, 0.1) is 0 Å². The molecule has 0 spiro atoms. The van der Waals surface area contributed by atoms with Crippen LogP contribution in [0.3, 0.4) is 0 Å². The Morgan fingerprint density at radius 1 is 1.10 bits per heavy atom. The first kappa shape index (κ1) is 14.2. The van der Waals surface area contributed by atoms with Crippen LogP contribution in [0.4, 0.5) is 0 Å². The molecule has 0 fully saturated rings. The highest BCUT2D eigenvalue weighted by Gasteiger charge is 2.12. The van der Waals surface area contributed by atoms with Crippen LogP contribution in [0.15, 0.2) is 49.1 Å². The predicted octanol–water partition coefficient (Wildman–Crippen LogP) is 2.11. The minimum atomic E-state index is 0.148. The third-order valence-electron chi connectivity index (χ3n) is 3.23. The second kappa shape index (κ2) is 7.38. The molecule has 0 N–H and O–H groups in total. The van der Waals surface area contributed by atoms with Crippen LogP contribution in [-0.2, 0) is 17.6 Å². The molecule has 2 aromatic heterocycles. The molecular weight excluding hydrogens is 250 g/mol. The van der Waals surface area contributed by atoms with Gasteiger partial charge in [0.1, 0.15) is 0 Å². The smallest absolute Gasteiger partial charge is 0.227 e. The molecule has 4 nitrogen and oxygen atoms in total. The average Bonchev–Trinajstić information content (AvgIpc) is 2.50. The van der Waals surface area contributed by atoms with Crippen molar-refractivity contribution >= 4 is 5.91 Å². The first-order chi connectivity index (χ1) is 9.79. The van der Waals surface area contributed by atoms with E-state index in [0.29, 0.717) is 6.42 Å². The van der Waals surface area contributed by atoms with Gasteiger partial charge in [0.25, 0.3) is 0 Å². The van der Waals surface area contributed by atoms with Crippen LogP contribution in [0.25, 0.3) is 0 Å². The van der Waals surface area contributed by atoms with Gasteiger partial charge in [-0.05, 0) is 42.7 Å². The van der Waals surface area contributed by atoms with E-state index in [9.17, 15) is 4.79 Å². The first-order valence-corrected chi connectivity index (χ1v) is 6.85. The summed E-state index contributed by atoms with van der Waals surface area (Å²) in [5.41, 5.74) is 2.16. The topological polar surface area (TPSA) is 46.1 Å². The van der Waals surface area contributed by atoms with Gasteiger partial charge in [-0.3, -0.25) is 14.8 Å². The molecule has 0 atom stereocenters. The summed E-state index contributed by atoms with van der Waals surface area (Å²) < 4.78 is 0. The number of amides is 1. The van der Waals surface area contributed by atoms with E-state index in [1.807, 2.05) is 36.1 Å². The van der Waals surface area contributed by atoms with Gasteiger partial charge in [0.15, 0.2) is 0 Å². The molecule has 0 saturated heterocycles. The summed E-state index contributed by atoms with van der Waals surface area (Å²) in [6, 6.07) is 7.76. The second-order valence-corrected chi connectivity index (χ2v) is 4.62. The lowest BCUT2D eigenvalue weighted by Crippen LogP contribution is -2.33. The fourth-order valence-electron chi connectivity index (χ4n) is 2.06. The molecule has 0 aromatic carbocycles. The number of aromatic nitrogens is 2. The first-order valence-electron chi connectivity index (χ1n) is 6.85. The summed E-state index contributed by atoms with van der Waals surface area (Å²) in [5.74, 6) is 0.148. The van der Waals surface area contributed by atoms with Crippen molar-refractivity contribution in [3.05, 3.63) is 60.2 Å². The van der Waals surface area contributed by atoms with Crippen LogP contribution in [0.5, 0.6) is 0 Å². The Kier molecular flexibility index (Phi) is 5.24. The molecule has 0 unspecified atom stereocenters. The minimum absolute atomic E-state index is 0.148. The lowest BCUT2D eigenvalue weighted by atomic mass is 10.1. The quantitative estimate of drug-likeness (QED) is 0.807. The number of nitrogens with zero attached hydrogens (tertiary/aromatic N) is 3. The molecule has 2 aromatic rings. The number of hydrogen-bond acceptors (Lipinski definition) is 3. The van der Waals surface area contributed by atoms with Gasteiger partial charge in [0.2, 0.25) is 5.91 Å². The lowest BCUT2D eigenvalue weighted by Gasteiger charge is -2.21. The van der Waals surface area contributed by atoms with Crippen molar-refractivity contribution in [2.45, 2.75) is 19.8 Å². The van der Waals surface area contributed by atoms with E-state index in [1.54, 1.807) is 24.8 Å². The number of rotatable bonds is 6. The normalized spacial score (nSPS) is 10.2. The summed E-state index contributed by atoms with van der Waals surface area (Å²) >= 11 is 0. The minimum Gasteiger partial charge on any atom is -0.342 e. The Balaban J connectivity index is 1.89. The van der Waals surface area contributed by atoms with Crippen LogP contribution in [0.1, 0.15) is 18.1 Å². The second-order valence-electron chi connectivity index (χ2n) is 4.62. The van der Waals surface area contributed by atoms with Crippen molar-refractivity contribution in [1.29, 1.82) is 0 Å². The third-order valence-corrected chi connectivity index (χ3v) is 3.23. The van der Waals surface area contributed by atoms with Gasteiger partial charge in [0, 0.05) is 37.9 Å². The Morgan fingerprint density at radius 2 is 1.90 bits per heavy atom. The SMILES string of the molecule is CCN(CCc1ccncc1)C(=O)Cc1cccnc1. The molecule has 0 aliphatic heterocycles. The highest BCUT2D eigenvalue weighted by molar-refractivity contribution is 5.78. The van der Waals surface area contributed by atoms with Crippen molar-refractivity contribution in [2.75, 3.05) is 13.1 Å². The van der Waals surface area contributed by atoms with Crippen molar-refractivity contribution in [1.82, 2.24) is 14.9 Å². The number of likely N-dealkylation sites (N-methyl/N-ethyl adjacent to an activating group) is 1. The zero-order valence-corrected chi connectivity index (χ0v) is 11.7.